The molecule has 0 radical (unpaired) electrons. The molecule has 1 aliphatic heterocycles. The molecule has 0 N–H and O–H groups in total. The standard InChI is InChI=1S/C23H18ClN3O3S/c1-23(2,3)13-6-4-12(5-7-13)18-17-19(28)15-10-14(24)8-9-16(15)30-20(17)21(29)27(18)22-26-25-11-31-22/h4-11,18H,1-3H3/t18-/m0/s1. The first-order valence-corrected chi connectivity index (χ1v) is 11.0. The van der Waals surface area contributed by atoms with Crippen molar-refractivity contribution in [2.45, 2.75) is 32.2 Å². The maximum Gasteiger partial charge on any atom is 0.297 e. The van der Waals surface area contributed by atoms with Gasteiger partial charge in [-0.15, -0.1) is 10.2 Å². The predicted octanol–water partition coefficient (Wildman–Crippen LogP) is 5.35. The molecule has 2 aromatic carbocycles. The van der Waals surface area contributed by atoms with E-state index < -0.39 is 11.9 Å². The van der Waals surface area contributed by atoms with Crippen LogP contribution in [0, 0.1) is 0 Å². The van der Waals surface area contributed by atoms with E-state index in [0.717, 1.165) is 11.1 Å². The number of fused-ring (bicyclic) bond motifs is 2. The van der Waals surface area contributed by atoms with Crippen LogP contribution < -0.4 is 10.3 Å². The van der Waals surface area contributed by atoms with Crippen LogP contribution in [0.5, 0.6) is 0 Å². The van der Waals surface area contributed by atoms with E-state index in [-0.39, 0.29) is 16.6 Å². The molecule has 0 spiro atoms. The zero-order valence-corrected chi connectivity index (χ0v) is 18.6. The fraction of sp³-hybridized carbons (Fsp3) is 0.217. The Kier molecular flexibility index (Phi) is 4.50. The van der Waals surface area contributed by atoms with E-state index in [1.54, 1.807) is 23.7 Å². The molecule has 4 aromatic rings. The van der Waals surface area contributed by atoms with E-state index in [2.05, 4.69) is 31.0 Å². The number of hydrogen-bond donors (Lipinski definition) is 0. The van der Waals surface area contributed by atoms with Crippen LogP contribution in [0.2, 0.25) is 5.02 Å². The van der Waals surface area contributed by atoms with Crippen LogP contribution in [0.15, 0.2) is 57.2 Å². The summed E-state index contributed by atoms with van der Waals surface area (Å²) in [6.45, 7) is 6.40. The van der Waals surface area contributed by atoms with Gasteiger partial charge in [-0.1, -0.05) is 68.0 Å². The number of anilines is 1. The van der Waals surface area contributed by atoms with Crippen molar-refractivity contribution in [3.8, 4) is 0 Å². The Labute approximate surface area is 187 Å². The molecule has 0 bridgehead atoms. The first kappa shape index (κ1) is 19.9. The fourth-order valence-electron chi connectivity index (χ4n) is 3.90. The molecular formula is C23H18ClN3O3S. The Morgan fingerprint density at radius 2 is 1.84 bits per heavy atom. The van der Waals surface area contributed by atoms with Crippen molar-refractivity contribution < 1.29 is 9.21 Å². The lowest BCUT2D eigenvalue weighted by Gasteiger charge is -2.24. The molecular weight excluding hydrogens is 434 g/mol. The third kappa shape index (κ3) is 3.16. The summed E-state index contributed by atoms with van der Waals surface area (Å²) in [7, 11) is 0. The van der Waals surface area contributed by atoms with Gasteiger partial charge in [0.25, 0.3) is 5.91 Å². The second-order valence-electron chi connectivity index (χ2n) is 8.49. The van der Waals surface area contributed by atoms with Gasteiger partial charge in [-0.25, -0.2) is 0 Å². The zero-order chi connectivity index (χ0) is 21.9. The van der Waals surface area contributed by atoms with E-state index in [1.807, 2.05) is 24.3 Å². The topological polar surface area (TPSA) is 76.3 Å². The normalized spacial score (nSPS) is 16.2. The molecule has 1 atom stereocenters. The van der Waals surface area contributed by atoms with Crippen molar-refractivity contribution in [3.63, 3.8) is 0 Å². The molecule has 1 aliphatic rings. The van der Waals surface area contributed by atoms with Crippen molar-refractivity contribution in [1.29, 1.82) is 0 Å². The van der Waals surface area contributed by atoms with Gasteiger partial charge in [0, 0.05) is 5.02 Å². The predicted molar refractivity (Wildman–Crippen MR) is 121 cm³/mol. The quantitative estimate of drug-likeness (QED) is 0.411. The minimum absolute atomic E-state index is 0.0210. The monoisotopic (exact) mass is 451 g/mol. The van der Waals surface area contributed by atoms with Crippen molar-refractivity contribution in [3.05, 3.63) is 85.7 Å². The van der Waals surface area contributed by atoms with Crippen LogP contribution in [0.1, 0.15) is 54.1 Å². The summed E-state index contributed by atoms with van der Waals surface area (Å²) in [5, 5.41) is 9.14. The van der Waals surface area contributed by atoms with Crippen molar-refractivity contribution in [1.82, 2.24) is 10.2 Å². The van der Waals surface area contributed by atoms with E-state index >= 15 is 0 Å². The fourth-order valence-corrected chi connectivity index (χ4v) is 4.65. The number of carbonyl (C=O) groups is 1. The van der Waals surface area contributed by atoms with Crippen LogP contribution in [0.25, 0.3) is 11.0 Å². The van der Waals surface area contributed by atoms with Gasteiger partial charge in [-0.2, -0.15) is 0 Å². The molecule has 6 nitrogen and oxygen atoms in total. The summed E-state index contributed by atoms with van der Waals surface area (Å²) in [6, 6.07) is 12.1. The summed E-state index contributed by atoms with van der Waals surface area (Å²) in [5.41, 5.74) is 3.82. The van der Waals surface area contributed by atoms with Crippen LogP contribution in [0.4, 0.5) is 5.13 Å². The third-order valence-corrected chi connectivity index (χ3v) is 6.40. The van der Waals surface area contributed by atoms with Crippen molar-refractivity contribution >= 4 is 44.9 Å². The van der Waals surface area contributed by atoms with Crippen molar-refractivity contribution in [2.75, 3.05) is 4.90 Å². The highest BCUT2D eigenvalue weighted by atomic mass is 35.5. The molecule has 0 saturated heterocycles. The molecule has 0 aliphatic carbocycles. The summed E-state index contributed by atoms with van der Waals surface area (Å²) in [5.74, 6) is -0.384. The highest BCUT2D eigenvalue weighted by Gasteiger charge is 2.45. The van der Waals surface area contributed by atoms with E-state index in [1.165, 1.54) is 16.2 Å². The first-order valence-electron chi connectivity index (χ1n) is 9.72. The van der Waals surface area contributed by atoms with Crippen LogP contribution in [0.3, 0.4) is 0 Å². The first-order chi connectivity index (χ1) is 14.8. The second-order valence-corrected chi connectivity index (χ2v) is 9.73. The Hall–Kier alpha value is -3.03. The molecule has 0 saturated carbocycles. The molecule has 3 heterocycles. The average molecular weight is 452 g/mol. The molecule has 1 amide bonds. The number of rotatable bonds is 2. The molecule has 31 heavy (non-hydrogen) atoms. The number of amides is 1. The minimum atomic E-state index is -0.663. The molecule has 8 heteroatoms. The van der Waals surface area contributed by atoms with Gasteiger partial charge in [0.1, 0.15) is 11.1 Å². The van der Waals surface area contributed by atoms with E-state index in [9.17, 15) is 9.59 Å². The van der Waals surface area contributed by atoms with Crippen LogP contribution >= 0.6 is 22.9 Å². The summed E-state index contributed by atoms with van der Waals surface area (Å²) >= 11 is 7.35. The van der Waals surface area contributed by atoms with Gasteiger partial charge >= 0.3 is 0 Å². The van der Waals surface area contributed by atoms with Crippen LogP contribution in [-0.2, 0) is 5.41 Å². The van der Waals surface area contributed by atoms with E-state index in [0.29, 0.717) is 26.7 Å². The van der Waals surface area contributed by atoms with Gasteiger partial charge in [0.05, 0.1) is 17.0 Å². The molecule has 0 unspecified atom stereocenters. The Balaban J connectivity index is 1.77. The van der Waals surface area contributed by atoms with E-state index in [4.69, 9.17) is 16.0 Å². The number of aromatic nitrogens is 2. The lowest BCUT2D eigenvalue weighted by Crippen LogP contribution is -2.29. The van der Waals surface area contributed by atoms with Crippen molar-refractivity contribution in [2.24, 2.45) is 0 Å². The zero-order valence-electron chi connectivity index (χ0n) is 17.0. The lowest BCUT2D eigenvalue weighted by atomic mass is 9.86. The highest BCUT2D eigenvalue weighted by molar-refractivity contribution is 7.13. The highest BCUT2D eigenvalue weighted by Crippen LogP contribution is 2.42. The lowest BCUT2D eigenvalue weighted by molar-refractivity contribution is 0.0970. The van der Waals surface area contributed by atoms with Crippen LogP contribution in [-0.4, -0.2) is 16.1 Å². The number of benzene rings is 2. The Morgan fingerprint density at radius 3 is 2.48 bits per heavy atom. The maximum absolute atomic E-state index is 13.5. The summed E-state index contributed by atoms with van der Waals surface area (Å²) < 4.78 is 5.92. The molecule has 2 aromatic heterocycles. The van der Waals surface area contributed by atoms with Gasteiger partial charge in [-0.05, 0) is 34.7 Å². The van der Waals surface area contributed by atoms with Gasteiger partial charge in [0.2, 0.25) is 10.9 Å². The summed E-state index contributed by atoms with van der Waals surface area (Å²) in [6.07, 6.45) is 0. The Morgan fingerprint density at radius 1 is 1.10 bits per heavy atom. The summed E-state index contributed by atoms with van der Waals surface area (Å²) in [4.78, 5) is 28.4. The number of hydrogen-bond acceptors (Lipinski definition) is 6. The number of nitrogens with zero attached hydrogens (tertiary/aromatic N) is 3. The smallest absolute Gasteiger partial charge is 0.297 e. The second kappa shape index (κ2) is 7.00. The molecule has 0 fully saturated rings. The average Bonchev–Trinajstić information content (AvgIpc) is 3.35. The SMILES string of the molecule is CC(C)(C)c1ccc([C@H]2c3c(oc4ccc(Cl)cc4c3=O)C(=O)N2c2nncs2)cc1. The third-order valence-electron chi connectivity index (χ3n) is 5.48. The Bertz CT molecular complexity index is 1370. The maximum atomic E-state index is 13.5. The van der Waals surface area contributed by atoms with Gasteiger partial charge in [0.15, 0.2) is 5.43 Å². The van der Waals surface area contributed by atoms with Gasteiger partial charge in [-0.3, -0.25) is 14.5 Å². The number of carbonyl (C=O) groups excluding carboxylic acids is 1. The molecule has 5 rings (SSSR count). The molecule has 156 valence electrons. The number of halogens is 1. The minimum Gasteiger partial charge on any atom is -0.450 e. The van der Waals surface area contributed by atoms with Gasteiger partial charge < -0.3 is 4.42 Å². The largest absolute Gasteiger partial charge is 0.450 e.